The number of rotatable bonds is 5. The monoisotopic (exact) mass is 343 g/mol. The van der Waals surface area contributed by atoms with Gasteiger partial charge in [-0.25, -0.2) is 4.98 Å². The third-order valence-electron chi connectivity index (χ3n) is 2.58. The quantitative estimate of drug-likeness (QED) is 0.841. The van der Waals surface area contributed by atoms with Crippen LogP contribution in [0.15, 0.2) is 28.9 Å². The first-order valence-corrected chi connectivity index (χ1v) is 7.03. The predicted molar refractivity (Wildman–Crippen MR) is 81.4 cm³/mol. The molecule has 0 atom stereocenters. The van der Waals surface area contributed by atoms with E-state index in [4.69, 9.17) is 16.3 Å². The van der Waals surface area contributed by atoms with Gasteiger partial charge in [-0.15, -0.1) is 0 Å². The Bertz CT molecular complexity index is 571. The standard InChI is InChI=1S/C13H15BrClN3O/c1-9-8-18(13(17-9)16-5-6-19-2)12-7-10(14)3-4-11(12)15/h3-4,7-8H,5-6H2,1-2H3,(H,16,17). The molecule has 0 saturated heterocycles. The topological polar surface area (TPSA) is 39.1 Å². The normalized spacial score (nSPS) is 10.7. The zero-order valence-electron chi connectivity index (χ0n) is 10.8. The van der Waals surface area contributed by atoms with Crippen LogP contribution in [0.5, 0.6) is 0 Å². The summed E-state index contributed by atoms with van der Waals surface area (Å²) in [5, 5.41) is 3.91. The van der Waals surface area contributed by atoms with Crippen LogP contribution in [0.3, 0.4) is 0 Å². The van der Waals surface area contributed by atoms with Crippen LogP contribution in [-0.2, 0) is 4.74 Å². The van der Waals surface area contributed by atoms with Gasteiger partial charge in [-0.2, -0.15) is 0 Å². The molecule has 0 aliphatic rings. The van der Waals surface area contributed by atoms with Crippen molar-refractivity contribution in [3.63, 3.8) is 0 Å². The van der Waals surface area contributed by atoms with Crippen molar-refractivity contribution in [3.8, 4) is 5.69 Å². The molecule has 1 aromatic carbocycles. The maximum Gasteiger partial charge on any atom is 0.207 e. The maximum atomic E-state index is 6.25. The van der Waals surface area contributed by atoms with Crippen LogP contribution in [0.25, 0.3) is 5.69 Å². The summed E-state index contributed by atoms with van der Waals surface area (Å²) in [6.45, 7) is 3.26. The van der Waals surface area contributed by atoms with Crippen LogP contribution < -0.4 is 5.32 Å². The van der Waals surface area contributed by atoms with Gasteiger partial charge in [-0.3, -0.25) is 4.57 Å². The molecule has 0 aliphatic carbocycles. The number of anilines is 1. The lowest BCUT2D eigenvalue weighted by molar-refractivity contribution is 0.210. The molecule has 0 unspecified atom stereocenters. The number of imidazole rings is 1. The van der Waals surface area contributed by atoms with Gasteiger partial charge in [-0.1, -0.05) is 27.5 Å². The lowest BCUT2D eigenvalue weighted by Crippen LogP contribution is -2.11. The smallest absolute Gasteiger partial charge is 0.207 e. The Kier molecular flexibility index (Phi) is 4.85. The third kappa shape index (κ3) is 3.49. The number of hydrogen-bond donors (Lipinski definition) is 1. The predicted octanol–water partition coefficient (Wildman–Crippen LogP) is 3.65. The summed E-state index contributed by atoms with van der Waals surface area (Å²) in [6.07, 6.45) is 1.95. The Balaban J connectivity index is 2.35. The molecular weight excluding hydrogens is 330 g/mol. The van der Waals surface area contributed by atoms with Gasteiger partial charge in [0.1, 0.15) is 0 Å². The number of halogens is 2. The van der Waals surface area contributed by atoms with Crippen molar-refractivity contribution in [3.05, 3.63) is 39.6 Å². The summed E-state index contributed by atoms with van der Waals surface area (Å²) in [5.41, 5.74) is 1.81. The van der Waals surface area contributed by atoms with Gasteiger partial charge in [0, 0.05) is 24.3 Å². The van der Waals surface area contributed by atoms with Gasteiger partial charge in [-0.05, 0) is 25.1 Å². The molecule has 4 nitrogen and oxygen atoms in total. The number of nitrogens with one attached hydrogen (secondary N) is 1. The number of methoxy groups -OCH3 is 1. The maximum absolute atomic E-state index is 6.25. The molecule has 0 aliphatic heterocycles. The van der Waals surface area contributed by atoms with Crippen LogP contribution in [0.1, 0.15) is 5.69 Å². The highest BCUT2D eigenvalue weighted by molar-refractivity contribution is 9.10. The summed E-state index contributed by atoms with van der Waals surface area (Å²) in [5.74, 6) is 0.759. The summed E-state index contributed by atoms with van der Waals surface area (Å²) < 4.78 is 7.94. The molecule has 2 rings (SSSR count). The van der Waals surface area contributed by atoms with Crippen LogP contribution in [0, 0.1) is 6.92 Å². The fraction of sp³-hybridized carbons (Fsp3) is 0.308. The van der Waals surface area contributed by atoms with E-state index in [9.17, 15) is 0 Å². The average molecular weight is 345 g/mol. The number of ether oxygens (including phenoxy) is 1. The number of aromatic nitrogens is 2. The summed E-state index contributed by atoms with van der Waals surface area (Å²) in [4.78, 5) is 4.45. The molecule has 1 N–H and O–H groups in total. The van der Waals surface area contributed by atoms with E-state index in [-0.39, 0.29) is 0 Å². The van der Waals surface area contributed by atoms with Gasteiger partial charge in [0.15, 0.2) is 0 Å². The van der Waals surface area contributed by atoms with E-state index in [2.05, 4.69) is 26.2 Å². The third-order valence-corrected chi connectivity index (χ3v) is 3.40. The fourth-order valence-corrected chi connectivity index (χ4v) is 2.30. The molecule has 0 bridgehead atoms. The highest BCUT2D eigenvalue weighted by Gasteiger charge is 2.10. The van der Waals surface area contributed by atoms with Crippen molar-refractivity contribution in [2.75, 3.05) is 25.6 Å². The van der Waals surface area contributed by atoms with Gasteiger partial charge in [0.25, 0.3) is 0 Å². The van der Waals surface area contributed by atoms with Crippen molar-refractivity contribution in [2.45, 2.75) is 6.92 Å². The SMILES string of the molecule is COCCNc1nc(C)cn1-c1cc(Br)ccc1Cl. The average Bonchev–Trinajstić information content (AvgIpc) is 2.74. The number of nitrogens with zero attached hydrogens (tertiary/aromatic N) is 2. The minimum atomic E-state index is 0.623. The van der Waals surface area contributed by atoms with Crippen molar-refractivity contribution in [1.29, 1.82) is 0 Å². The van der Waals surface area contributed by atoms with E-state index in [0.717, 1.165) is 21.8 Å². The molecule has 0 amide bonds. The summed E-state index contributed by atoms with van der Waals surface area (Å²) in [6, 6.07) is 5.73. The number of hydrogen-bond acceptors (Lipinski definition) is 3. The van der Waals surface area contributed by atoms with Crippen LogP contribution in [0.2, 0.25) is 5.02 Å². The van der Waals surface area contributed by atoms with Gasteiger partial charge in [0.2, 0.25) is 5.95 Å². The molecular formula is C13H15BrClN3O. The molecule has 0 fully saturated rings. The Morgan fingerprint density at radius 2 is 2.26 bits per heavy atom. The first kappa shape index (κ1) is 14.4. The lowest BCUT2D eigenvalue weighted by atomic mass is 10.3. The second-order valence-electron chi connectivity index (χ2n) is 4.09. The fourth-order valence-electron chi connectivity index (χ4n) is 1.74. The van der Waals surface area contributed by atoms with E-state index in [0.29, 0.717) is 18.2 Å². The highest BCUT2D eigenvalue weighted by atomic mass is 79.9. The highest BCUT2D eigenvalue weighted by Crippen LogP contribution is 2.27. The first-order chi connectivity index (χ1) is 9.11. The molecule has 6 heteroatoms. The van der Waals surface area contributed by atoms with E-state index < -0.39 is 0 Å². The van der Waals surface area contributed by atoms with Crippen LogP contribution >= 0.6 is 27.5 Å². The number of benzene rings is 1. The number of aryl methyl sites for hydroxylation is 1. The minimum absolute atomic E-state index is 0.623. The Morgan fingerprint density at radius 1 is 1.47 bits per heavy atom. The Hall–Kier alpha value is -1.04. The molecule has 0 saturated carbocycles. The molecule has 19 heavy (non-hydrogen) atoms. The lowest BCUT2D eigenvalue weighted by Gasteiger charge is -2.11. The Morgan fingerprint density at radius 3 is 3.00 bits per heavy atom. The molecule has 0 radical (unpaired) electrons. The van der Waals surface area contributed by atoms with E-state index in [1.165, 1.54) is 0 Å². The second-order valence-corrected chi connectivity index (χ2v) is 5.41. The molecule has 1 aromatic heterocycles. The van der Waals surface area contributed by atoms with E-state index in [1.54, 1.807) is 7.11 Å². The Labute approximate surface area is 125 Å². The minimum Gasteiger partial charge on any atom is -0.383 e. The van der Waals surface area contributed by atoms with Gasteiger partial charge >= 0.3 is 0 Å². The van der Waals surface area contributed by atoms with Crippen LogP contribution in [-0.4, -0.2) is 29.8 Å². The zero-order chi connectivity index (χ0) is 13.8. The molecule has 1 heterocycles. The van der Waals surface area contributed by atoms with Crippen molar-refractivity contribution < 1.29 is 4.74 Å². The van der Waals surface area contributed by atoms with Crippen molar-refractivity contribution in [2.24, 2.45) is 0 Å². The van der Waals surface area contributed by atoms with Crippen molar-refractivity contribution in [1.82, 2.24) is 9.55 Å². The first-order valence-electron chi connectivity index (χ1n) is 5.86. The largest absolute Gasteiger partial charge is 0.383 e. The summed E-state index contributed by atoms with van der Waals surface area (Å²) >= 11 is 9.71. The van der Waals surface area contributed by atoms with Crippen LogP contribution in [0.4, 0.5) is 5.95 Å². The van der Waals surface area contributed by atoms with E-state index >= 15 is 0 Å². The molecule has 0 spiro atoms. The zero-order valence-corrected chi connectivity index (χ0v) is 13.1. The van der Waals surface area contributed by atoms with Gasteiger partial charge in [0.05, 0.1) is 23.0 Å². The summed E-state index contributed by atoms with van der Waals surface area (Å²) in [7, 11) is 1.67. The van der Waals surface area contributed by atoms with Crippen molar-refractivity contribution >= 4 is 33.5 Å². The van der Waals surface area contributed by atoms with E-state index in [1.807, 2.05) is 35.9 Å². The molecule has 2 aromatic rings. The second kappa shape index (κ2) is 6.41. The van der Waals surface area contributed by atoms with Gasteiger partial charge < -0.3 is 10.1 Å². The molecule has 102 valence electrons.